The Hall–Kier alpha value is -0.940. The Balaban J connectivity index is 2.24. The molecular weight excluding hydrogens is 156 g/mol. The molecule has 5 heteroatoms. The molecule has 1 aromatic heterocycles. The number of aromatic nitrogens is 3. The Morgan fingerprint density at radius 2 is 2.50 bits per heavy atom. The highest BCUT2D eigenvalue weighted by atomic mass is 16.3. The molecule has 2 N–H and O–H groups in total. The molecule has 0 spiro atoms. The van der Waals surface area contributed by atoms with Crippen molar-refractivity contribution >= 4 is 0 Å². The Morgan fingerprint density at radius 1 is 1.67 bits per heavy atom. The third-order valence-electron chi connectivity index (χ3n) is 2.31. The average molecular weight is 168 g/mol. The largest absolute Gasteiger partial charge is 0.391 e. The van der Waals surface area contributed by atoms with E-state index in [2.05, 4.69) is 15.6 Å². The molecule has 0 aromatic carbocycles. The first-order chi connectivity index (χ1) is 5.79. The molecule has 12 heavy (non-hydrogen) atoms. The normalized spacial score (nSPS) is 29.5. The van der Waals surface area contributed by atoms with Crippen molar-refractivity contribution in [3.05, 3.63) is 11.9 Å². The van der Waals surface area contributed by atoms with Crippen LogP contribution in [0.25, 0.3) is 0 Å². The minimum absolute atomic E-state index is 0.144. The van der Waals surface area contributed by atoms with Gasteiger partial charge in [-0.25, -0.2) is 0 Å². The van der Waals surface area contributed by atoms with Crippen LogP contribution in [-0.4, -0.2) is 39.3 Å². The van der Waals surface area contributed by atoms with E-state index in [0.29, 0.717) is 6.54 Å². The Bertz CT molecular complexity index is 272. The van der Waals surface area contributed by atoms with E-state index in [1.807, 2.05) is 7.05 Å². The lowest BCUT2D eigenvalue weighted by atomic mass is 10.0. The van der Waals surface area contributed by atoms with Gasteiger partial charge < -0.3 is 10.4 Å². The average Bonchev–Trinajstić information content (AvgIpc) is 2.59. The van der Waals surface area contributed by atoms with Crippen molar-refractivity contribution in [3.8, 4) is 0 Å². The summed E-state index contributed by atoms with van der Waals surface area (Å²) in [5.74, 6) is 0.144. The highest BCUT2D eigenvalue weighted by Crippen LogP contribution is 2.20. The molecule has 1 aromatic rings. The van der Waals surface area contributed by atoms with Crippen molar-refractivity contribution < 1.29 is 5.11 Å². The second-order valence-electron chi connectivity index (χ2n) is 3.11. The molecule has 1 saturated heterocycles. The molecule has 66 valence electrons. The fourth-order valence-corrected chi connectivity index (χ4v) is 1.60. The van der Waals surface area contributed by atoms with Crippen LogP contribution < -0.4 is 5.32 Å². The lowest BCUT2D eigenvalue weighted by Gasteiger charge is -2.11. The third kappa shape index (κ3) is 1.11. The van der Waals surface area contributed by atoms with Gasteiger partial charge in [-0.05, 0) is 0 Å². The van der Waals surface area contributed by atoms with Crippen molar-refractivity contribution in [2.75, 3.05) is 13.1 Å². The maximum absolute atomic E-state index is 9.55. The van der Waals surface area contributed by atoms with Crippen LogP contribution in [0.5, 0.6) is 0 Å². The zero-order valence-corrected chi connectivity index (χ0v) is 6.94. The van der Waals surface area contributed by atoms with Gasteiger partial charge in [0.1, 0.15) is 0 Å². The van der Waals surface area contributed by atoms with Gasteiger partial charge in [0.25, 0.3) is 0 Å². The Morgan fingerprint density at radius 3 is 3.00 bits per heavy atom. The topological polar surface area (TPSA) is 63.0 Å². The molecule has 1 aliphatic rings. The van der Waals surface area contributed by atoms with Crippen LogP contribution in [-0.2, 0) is 7.05 Å². The molecule has 1 fully saturated rings. The standard InChI is InChI=1S/C7H12N4O/c1-11-6(3-9-10-11)5-2-8-4-7(5)12/h3,5,7-8,12H,2,4H2,1H3/t5-,7+/m0/s1. The van der Waals surface area contributed by atoms with E-state index >= 15 is 0 Å². The number of β-amino-alcohol motifs (C(OH)–C–C–N with tert-alkyl or cyclic N) is 1. The van der Waals surface area contributed by atoms with Crippen LogP contribution >= 0.6 is 0 Å². The zero-order chi connectivity index (χ0) is 8.55. The Labute approximate surface area is 70.4 Å². The van der Waals surface area contributed by atoms with Crippen LogP contribution in [0, 0.1) is 0 Å². The summed E-state index contributed by atoms with van der Waals surface area (Å²) in [6.45, 7) is 1.47. The number of aryl methyl sites for hydroxylation is 1. The monoisotopic (exact) mass is 168 g/mol. The predicted molar refractivity (Wildman–Crippen MR) is 42.6 cm³/mol. The molecule has 0 radical (unpaired) electrons. The van der Waals surface area contributed by atoms with Crippen molar-refractivity contribution in [3.63, 3.8) is 0 Å². The number of aliphatic hydroxyl groups is 1. The van der Waals surface area contributed by atoms with Crippen LogP contribution in [0.3, 0.4) is 0 Å². The summed E-state index contributed by atoms with van der Waals surface area (Å²) in [4.78, 5) is 0. The van der Waals surface area contributed by atoms with Gasteiger partial charge >= 0.3 is 0 Å². The first-order valence-electron chi connectivity index (χ1n) is 4.02. The number of nitrogens with one attached hydrogen (secondary N) is 1. The van der Waals surface area contributed by atoms with E-state index in [4.69, 9.17) is 0 Å². The number of aliphatic hydroxyl groups excluding tert-OH is 1. The summed E-state index contributed by atoms with van der Waals surface area (Å²) in [5, 5.41) is 20.3. The molecule has 0 aliphatic carbocycles. The van der Waals surface area contributed by atoms with E-state index in [-0.39, 0.29) is 12.0 Å². The van der Waals surface area contributed by atoms with Crippen LogP contribution in [0.4, 0.5) is 0 Å². The minimum Gasteiger partial charge on any atom is -0.391 e. The summed E-state index contributed by atoms with van der Waals surface area (Å²) in [6.07, 6.45) is 1.41. The highest BCUT2D eigenvalue weighted by Gasteiger charge is 2.28. The van der Waals surface area contributed by atoms with Gasteiger partial charge in [-0.1, -0.05) is 5.21 Å². The summed E-state index contributed by atoms with van der Waals surface area (Å²) in [7, 11) is 1.84. The van der Waals surface area contributed by atoms with E-state index in [1.54, 1.807) is 10.9 Å². The zero-order valence-electron chi connectivity index (χ0n) is 6.94. The third-order valence-corrected chi connectivity index (χ3v) is 2.31. The second kappa shape index (κ2) is 2.84. The lowest BCUT2D eigenvalue weighted by Crippen LogP contribution is -2.18. The molecule has 0 saturated carbocycles. The smallest absolute Gasteiger partial charge is 0.0760 e. The van der Waals surface area contributed by atoms with Crippen molar-refractivity contribution in [1.82, 2.24) is 20.3 Å². The lowest BCUT2D eigenvalue weighted by molar-refractivity contribution is 0.174. The molecule has 2 heterocycles. The summed E-state index contributed by atoms with van der Waals surface area (Å²) < 4.78 is 1.71. The van der Waals surface area contributed by atoms with Crippen LogP contribution in [0.1, 0.15) is 11.6 Å². The fourth-order valence-electron chi connectivity index (χ4n) is 1.60. The quantitative estimate of drug-likeness (QED) is 0.556. The minimum atomic E-state index is -0.304. The van der Waals surface area contributed by atoms with E-state index in [9.17, 15) is 5.11 Å². The molecular formula is C7H12N4O. The van der Waals surface area contributed by atoms with Gasteiger partial charge in [-0.2, -0.15) is 0 Å². The maximum Gasteiger partial charge on any atom is 0.0760 e. The molecule has 2 atom stereocenters. The van der Waals surface area contributed by atoms with Crippen molar-refractivity contribution in [1.29, 1.82) is 0 Å². The predicted octanol–water partition coefficient (Wildman–Crippen LogP) is -1.14. The number of hydrogen-bond donors (Lipinski definition) is 2. The van der Waals surface area contributed by atoms with Crippen molar-refractivity contribution in [2.45, 2.75) is 12.0 Å². The van der Waals surface area contributed by atoms with Gasteiger partial charge in [-0.15, -0.1) is 5.10 Å². The van der Waals surface area contributed by atoms with Gasteiger partial charge in [0.2, 0.25) is 0 Å². The van der Waals surface area contributed by atoms with E-state index in [0.717, 1.165) is 12.2 Å². The second-order valence-corrected chi connectivity index (χ2v) is 3.11. The first-order valence-corrected chi connectivity index (χ1v) is 4.02. The van der Waals surface area contributed by atoms with Gasteiger partial charge in [0, 0.05) is 26.1 Å². The van der Waals surface area contributed by atoms with Crippen LogP contribution in [0.15, 0.2) is 6.20 Å². The van der Waals surface area contributed by atoms with E-state index in [1.165, 1.54) is 0 Å². The molecule has 2 rings (SSSR count). The molecule has 0 unspecified atom stereocenters. The molecule has 1 aliphatic heterocycles. The molecule has 5 nitrogen and oxygen atoms in total. The van der Waals surface area contributed by atoms with Gasteiger partial charge in [0.05, 0.1) is 18.0 Å². The fraction of sp³-hybridized carbons (Fsp3) is 0.714. The number of nitrogens with zero attached hydrogens (tertiary/aromatic N) is 3. The summed E-state index contributed by atoms with van der Waals surface area (Å²) >= 11 is 0. The highest BCUT2D eigenvalue weighted by molar-refractivity contribution is 5.09. The number of rotatable bonds is 1. The molecule has 0 bridgehead atoms. The van der Waals surface area contributed by atoms with Crippen LogP contribution in [0.2, 0.25) is 0 Å². The number of hydrogen-bond acceptors (Lipinski definition) is 4. The summed E-state index contributed by atoms with van der Waals surface area (Å²) in [5.41, 5.74) is 0.993. The Kier molecular flexibility index (Phi) is 1.82. The first kappa shape index (κ1) is 7.70. The summed E-state index contributed by atoms with van der Waals surface area (Å²) in [6, 6.07) is 0. The maximum atomic E-state index is 9.55. The van der Waals surface area contributed by atoms with Gasteiger partial charge in [0.15, 0.2) is 0 Å². The van der Waals surface area contributed by atoms with E-state index < -0.39 is 0 Å². The van der Waals surface area contributed by atoms with Gasteiger partial charge in [-0.3, -0.25) is 4.68 Å². The SMILES string of the molecule is Cn1nncc1[C@@H]1CNC[C@H]1O. The van der Waals surface area contributed by atoms with Crippen molar-refractivity contribution in [2.24, 2.45) is 7.05 Å². The molecule has 0 amide bonds.